The van der Waals surface area contributed by atoms with Gasteiger partial charge in [0, 0.05) is 12.7 Å². The Morgan fingerprint density at radius 1 is 0.955 bits per heavy atom. The number of rotatable bonds is 5. The molecule has 0 saturated carbocycles. The van der Waals surface area contributed by atoms with Crippen molar-refractivity contribution in [3.05, 3.63) is 65.7 Å². The van der Waals surface area contributed by atoms with Crippen molar-refractivity contribution >= 4 is 17.7 Å². The van der Waals surface area contributed by atoms with Crippen molar-refractivity contribution in [1.82, 2.24) is 5.32 Å². The number of nitrogens with one attached hydrogen (secondary N) is 2. The van der Waals surface area contributed by atoms with Gasteiger partial charge in [-0.2, -0.15) is 0 Å². The monoisotopic (exact) mass is 298 g/mol. The van der Waals surface area contributed by atoms with Crippen molar-refractivity contribution in [3.63, 3.8) is 0 Å². The lowest BCUT2D eigenvalue weighted by Gasteiger charge is -2.08. The Morgan fingerprint density at radius 2 is 1.64 bits per heavy atom. The molecule has 0 atom stereocenters. The molecule has 0 aliphatic heterocycles. The largest absolute Gasteiger partial charge is 0.444 e. The Bertz CT molecular complexity index is 624. The van der Waals surface area contributed by atoms with E-state index in [-0.39, 0.29) is 12.5 Å². The van der Waals surface area contributed by atoms with E-state index in [0.717, 1.165) is 11.1 Å². The minimum Gasteiger partial charge on any atom is -0.444 e. The molecule has 2 rings (SSSR count). The van der Waals surface area contributed by atoms with Crippen LogP contribution in [-0.2, 0) is 22.6 Å². The van der Waals surface area contributed by atoms with Crippen LogP contribution < -0.4 is 10.6 Å². The van der Waals surface area contributed by atoms with Gasteiger partial charge in [0.15, 0.2) is 0 Å². The van der Waals surface area contributed by atoms with Crippen molar-refractivity contribution in [3.8, 4) is 0 Å². The highest BCUT2D eigenvalue weighted by Gasteiger charge is 2.05. The molecule has 5 nitrogen and oxygen atoms in total. The van der Waals surface area contributed by atoms with Crippen LogP contribution in [0.4, 0.5) is 10.5 Å². The summed E-state index contributed by atoms with van der Waals surface area (Å²) in [5, 5.41) is 5.21. The molecule has 0 saturated heterocycles. The Morgan fingerprint density at radius 3 is 2.27 bits per heavy atom. The molecule has 114 valence electrons. The maximum absolute atomic E-state index is 11.7. The standard InChI is InChI=1S/C17H18N2O3/c1-18-16(20)11-13-7-9-15(10-8-13)19-17(21)22-12-14-5-3-2-4-6-14/h2-10H,11-12H2,1H3,(H,18,20)(H,19,21). The first-order chi connectivity index (χ1) is 10.7. The molecule has 0 spiro atoms. The maximum Gasteiger partial charge on any atom is 0.411 e. The fourth-order valence-electron chi connectivity index (χ4n) is 1.86. The zero-order valence-corrected chi connectivity index (χ0v) is 12.3. The third kappa shape index (κ3) is 4.94. The van der Waals surface area contributed by atoms with Gasteiger partial charge in [0.2, 0.25) is 5.91 Å². The van der Waals surface area contributed by atoms with E-state index in [2.05, 4.69) is 10.6 Å². The number of benzene rings is 2. The van der Waals surface area contributed by atoms with Gasteiger partial charge in [0.05, 0.1) is 6.42 Å². The Kier molecular flexibility index (Phi) is 5.54. The quantitative estimate of drug-likeness (QED) is 0.892. The molecule has 0 heterocycles. The van der Waals surface area contributed by atoms with Crippen LogP contribution in [0, 0.1) is 0 Å². The number of amides is 2. The number of likely N-dealkylation sites (N-methyl/N-ethyl adjacent to an activating group) is 1. The molecule has 2 N–H and O–H groups in total. The van der Waals surface area contributed by atoms with Crippen LogP contribution in [0.1, 0.15) is 11.1 Å². The fraction of sp³-hybridized carbons (Fsp3) is 0.176. The van der Waals surface area contributed by atoms with E-state index < -0.39 is 6.09 Å². The highest BCUT2D eigenvalue weighted by Crippen LogP contribution is 2.11. The number of ether oxygens (including phenoxy) is 1. The zero-order valence-electron chi connectivity index (χ0n) is 12.3. The van der Waals surface area contributed by atoms with Crippen LogP contribution in [0.15, 0.2) is 54.6 Å². The fourth-order valence-corrected chi connectivity index (χ4v) is 1.86. The molecule has 22 heavy (non-hydrogen) atoms. The van der Waals surface area contributed by atoms with Gasteiger partial charge in [0.1, 0.15) is 6.61 Å². The predicted molar refractivity (Wildman–Crippen MR) is 84.5 cm³/mol. The number of hydrogen-bond acceptors (Lipinski definition) is 3. The summed E-state index contributed by atoms with van der Waals surface area (Å²) in [6, 6.07) is 16.5. The average molecular weight is 298 g/mol. The molecule has 5 heteroatoms. The molecule has 2 aromatic rings. The number of carbonyl (C=O) groups is 2. The third-order valence-corrected chi connectivity index (χ3v) is 3.06. The molecule has 2 aromatic carbocycles. The first-order valence-corrected chi connectivity index (χ1v) is 6.94. The van der Waals surface area contributed by atoms with E-state index in [1.165, 1.54) is 0 Å². The van der Waals surface area contributed by atoms with Crippen LogP contribution in [0.2, 0.25) is 0 Å². The number of anilines is 1. The van der Waals surface area contributed by atoms with Crippen molar-refractivity contribution in [2.45, 2.75) is 13.0 Å². The second-order valence-corrected chi connectivity index (χ2v) is 4.73. The molecule has 2 amide bonds. The molecule has 0 fully saturated rings. The zero-order chi connectivity index (χ0) is 15.8. The van der Waals surface area contributed by atoms with Crippen molar-refractivity contribution in [2.75, 3.05) is 12.4 Å². The van der Waals surface area contributed by atoms with Crippen molar-refractivity contribution in [1.29, 1.82) is 0 Å². The lowest BCUT2D eigenvalue weighted by molar-refractivity contribution is -0.119. The van der Waals surface area contributed by atoms with E-state index in [0.29, 0.717) is 12.1 Å². The minimum atomic E-state index is -0.511. The van der Waals surface area contributed by atoms with Gasteiger partial charge >= 0.3 is 6.09 Å². The van der Waals surface area contributed by atoms with Gasteiger partial charge in [-0.15, -0.1) is 0 Å². The van der Waals surface area contributed by atoms with Gasteiger partial charge in [-0.25, -0.2) is 4.79 Å². The Labute approximate surface area is 129 Å². The lowest BCUT2D eigenvalue weighted by Crippen LogP contribution is -2.19. The maximum atomic E-state index is 11.7. The summed E-state index contributed by atoms with van der Waals surface area (Å²) in [5.41, 5.74) is 2.43. The topological polar surface area (TPSA) is 67.4 Å². The molecule has 0 aliphatic rings. The minimum absolute atomic E-state index is 0.0528. The lowest BCUT2D eigenvalue weighted by atomic mass is 10.1. The second-order valence-electron chi connectivity index (χ2n) is 4.73. The summed E-state index contributed by atoms with van der Waals surface area (Å²) in [6.07, 6.45) is -0.196. The van der Waals surface area contributed by atoms with E-state index >= 15 is 0 Å². The Hall–Kier alpha value is -2.82. The van der Waals surface area contributed by atoms with Gasteiger partial charge in [-0.3, -0.25) is 10.1 Å². The second kappa shape index (κ2) is 7.83. The highest BCUT2D eigenvalue weighted by molar-refractivity contribution is 5.84. The van der Waals surface area contributed by atoms with E-state index in [9.17, 15) is 9.59 Å². The van der Waals surface area contributed by atoms with Gasteiger partial charge in [-0.05, 0) is 23.3 Å². The molecule has 0 radical (unpaired) electrons. The number of carbonyl (C=O) groups excluding carboxylic acids is 2. The van der Waals surface area contributed by atoms with Gasteiger partial charge in [0.25, 0.3) is 0 Å². The molecule has 0 aromatic heterocycles. The summed E-state index contributed by atoms with van der Waals surface area (Å²) in [6.45, 7) is 0.224. The predicted octanol–water partition coefficient (Wildman–Crippen LogP) is 2.72. The Balaban J connectivity index is 1.82. The molecular formula is C17H18N2O3. The third-order valence-electron chi connectivity index (χ3n) is 3.06. The van der Waals surface area contributed by atoms with Crippen LogP contribution in [0.5, 0.6) is 0 Å². The average Bonchev–Trinajstić information content (AvgIpc) is 2.55. The van der Waals surface area contributed by atoms with Crippen LogP contribution in [0.25, 0.3) is 0 Å². The van der Waals surface area contributed by atoms with Crippen molar-refractivity contribution in [2.24, 2.45) is 0 Å². The summed E-state index contributed by atoms with van der Waals surface area (Å²) in [4.78, 5) is 23.0. The molecule has 0 unspecified atom stereocenters. The van der Waals surface area contributed by atoms with E-state index in [1.807, 2.05) is 30.3 Å². The van der Waals surface area contributed by atoms with Gasteiger partial charge in [-0.1, -0.05) is 42.5 Å². The van der Waals surface area contributed by atoms with E-state index in [4.69, 9.17) is 4.74 Å². The van der Waals surface area contributed by atoms with Crippen LogP contribution in [0.3, 0.4) is 0 Å². The van der Waals surface area contributed by atoms with Crippen molar-refractivity contribution < 1.29 is 14.3 Å². The smallest absolute Gasteiger partial charge is 0.411 e. The molecule has 0 bridgehead atoms. The SMILES string of the molecule is CNC(=O)Cc1ccc(NC(=O)OCc2ccccc2)cc1. The van der Waals surface area contributed by atoms with Crippen LogP contribution in [-0.4, -0.2) is 19.0 Å². The summed E-state index contributed by atoms with van der Waals surface area (Å²) < 4.78 is 5.13. The van der Waals surface area contributed by atoms with E-state index in [1.54, 1.807) is 31.3 Å². The summed E-state index contributed by atoms with van der Waals surface area (Å²) in [7, 11) is 1.60. The number of hydrogen-bond donors (Lipinski definition) is 2. The molecule has 0 aliphatic carbocycles. The highest BCUT2D eigenvalue weighted by atomic mass is 16.5. The summed E-state index contributed by atoms with van der Waals surface area (Å²) >= 11 is 0. The first kappa shape index (κ1) is 15.6. The molecular weight excluding hydrogens is 280 g/mol. The normalized spacial score (nSPS) is 9.86. The first-order valence-electron chi connectivity index (χ1n) is 6.94. The van der Waals surface area contributed by atoms with Crippen LogP contribution >= 0.6 is 0 Å². The van der Waals surface area contributed by atoms with Gasteiger partial charge < -0.3 is 10.1 Å². The summed E-state index contributed by atoms with van der Waals surface area (Å²) in [5.74, 6) is -0.0528.